The van der Waals surface area contributed by atoms with Crippen molar-refractivity contribution >= 4 is 5.69 Å². The van der Waals surface area contributed by atoms with E-state index in [2.05, 4.69) is 67.5 Å². The summed E-state index contributed by atoms with van der Waals surface area (Å²) in [7, 11) is 4.10. The van der Waals surface area contributed by atoms with E-state index in [0.29, 0.717) is 6.54 Å². The van der Waals surface area contributed by atoms with Crippen LogP contribution in [0.2, 0.25) is 0 Å². The van der Waals surface area contributed by atoms with Gasteiger partial charge in [0.2, 0.25) is 0 Å². The molecule has 0 atom stereocenters. The summed E-state index contributed by atoms with van der Waals surface area (Å²) in [6.07, 6.45) is 0.934. The molecule has 0 aliphatic rings. The Balaban J connectivity index is 2.27. The summed E-state index contributed by atoms with van der Waals surface area (Å²) in [5, 5.41) is 0. The third-order valence-electron chi connectivity index (χ3n) is 3.08. The van der Waals surface area contributed by atoms with Gasteiger partial charge < -0.3 is 10.6 Å². The van der Waals surface area contributed by atoms with E-state index in [1.54, 1.807) is 0 Å². The molecule has 94 valence electrons. The number of nitrogens with two attached hydrogens (primary N) is 1. The summed E-state index contributed by atoms with van der Waals surface area (Å²) in [5.41, 5.74) is 10.6. The van der Waals surface area contributed by atoms with Crippen LogP contribution in [-0.2, 0) is 6.42 Å². The maximum Gasteiger partial charge on any atom is 0.0361 e. The van der Waals surface area contributed by atoms with Gasteiger partial charge in [-0.2, -0.15) is 0 Å². The number of nitrogens with zero attached hydrogens (tertiary/aromatic N) is 1. The SMILES string of the molecule is CN(C)c1ccc(-c2cccc(CCN)c2)cc1. The highest BCUT2D eigenvalue weighted by molar-refractivity contribution is 5.66. The molecule has 0 aliphatic heterocycles. The van der Waals surface area contributed by atoms with Crippen LogP contribution in [0.1, 0.15) is 5.56 Å². The summed E-state index contributed by atoms with van der Waals surface area (Å²) in [6, 6.07) is 17.2. The van der Waals surface area contributed by atoms with Gasteiger partial charge in [-0.15, -0.1) is 0 Å². The minimum atomic E-state index is 0.697. The highest BCUT2D eigenvalue weighted by atomic mass is 15.1. The lowest BCUT2D eigenvalue weighted by Gasteiger charge is -2.13. The molecule has 0 saturated heterocycles. The highest BCUT2D eigenvalue weighted by Gasteiger charge is 2.00. The summed E-state index contributed by atoms with van der Waals surface area (Å²) < 4.78 is 0. The minimum Gasteiger partial charge on any atom is -0.378 e. The fraction of sp³-hybridized carbons (Fsp3) is 0.250. The van der Waals surface area contributed by atoms with Gasteiger partial charge in [-0.25, -0.2) is 0 Å². The van der Waals surface area contributed by atoms with Gasteiger partial charge in [0.05, 0.1) is 0 Å². The third kappa shape index (κ3) is 2.90. The van der Waals surface area contributed by atoms with Crippen molar-refractivity contribution in [2.75, 3.05) is 25.5 Å². The first kappa shape index (κ1) is 12.7. The largest absolute Gasteiger partial charge is 0.378 e. The van der Waals surface area contributed by atoms with E-state index in [4.69, 9.17) is 5.73 Å². The van der Waals surface area contributed by atoms with E-state index in [-0.39, 0.29) is 0 Å². The van der Waals surface area contributed by atoms with Crippen LogP contribution in [0.4, 0.5) is 5.69 Å². The van der Waals surface area contributed by atoms with Crippen molar-refractivity contribution in [3.8, 4) is 11.1 Å². The predicted molar refractivity (Wildman–Crippen MR) is 79.0 cm³/mol. The van der Waals surface area contributed by atoms with Crippen LogP contribution < -0.4 is 10.6 Å². The molecule has 0 heterocycles. The van der Waals surface area contributed by atoms with Crippen molar-refractivity contribution in [2.24, 2.45) is 5.73 Å². The molecule has 2 nitrogen and oxygen atoms in total. The number of anilines is 1. The van der Waals surface area contributed by atoms with E-state index in [1.165, 1.54) is 22.4 Å². The standard InChI is InChI=1S/C16H20N2/c1-18(2)16-8-6-14(7-9-16)15-5-3-4-13(12-15)10-11-17/h3-9,12H,10-11,17H2,1-2H3. The van der Waals surface area contributed by atoms with Crippen molar-refractivity contribution in [2.45, 2.75) is 6.42 Å². The van der Waals surface area contributed by atoms with E-state index in [0.717, 1.165) is 6.42 Å². The van der Waals surface area contributed by atoms with Gasteiger partial charge in [0.25, 0.3) is 0 Å². The Bertz CT molecular complexity index is 501. The van der Waals surface area contributed by atoms with Gasteiger partial charge in [-0.3, -0.25) is 0 Å². The molecule has 2 rings (SSSR count). The Morgan fingerprint density at radius 3 is 2.28 bits per heavy atom. The maximum absolute atomic E-state index is 5.60. The Hall–Kier alpha value is -1.80. The average molecular weight is 240 g/mol. The molecular formula is C16H20N2. The quantitative estimate of drug-likeness (QED) is 0.890. The second kappa shape index (κ2) is 5.69. The van der Waals surface area contributed by atoms with Crippen LogP contribution in [0.15, 0.2) is 48.5 Å². The lowest BCUT2D eigenvalue weighted by molar-refractivity contribution is 0.969. The second-order valence-corrected chi connectivity index (χ2v) is 4.68. The van der Waals surface area contributed by atoms with Crippen LogP contribution >= 0.6 is 0 Å². The van der Waals surface area contributed by atoms with Crippen LogP contribution in [0.5, 0.6) is 0 Å². The van der Waals surface area contributed by atoms with Gasteiger partial charge in [-0.1, -0.05) is 36.4 Å². The third-order valence-corrected chi connectivity index (χ3v) is 3.08. The number of benzene rings is 2. The fourth-order valence-electron chi connectivity index (χ4n) is 2.03. The molecule has 0 fully saturated rings. The minimum absolute atomic E-state index is 0.697. The van der Waals surface area contributed by atoms with Gasteiger partial charge in [0.15, 0.2) is 0 Å². The summed E-state index contributed by atoms with van der Waals surface area (Å²) >= 11 is 0. The Morgan fingerprint density at radius 1 is 0.944 bits per heavy atom. The van der Waals surface area contributed by atoms with Crippen LogP contribution in [0.3, 0.4) is 0 Å². The Labute approximate surface area is 109 Å². The maximum atomic E-state index is 5.60. The molecule has 0 amide bonds. The molecular weight excluding hydrogens is 220 g/mol. The van der Waals surface area contributed by atoms with Crippen LogP contribution in [0, 0.1) is 0 Å². The lowest BCUT2D eigenvalue weighted by Crippen LogP contribution is -2.07. The molecule has 0 aliphatic carbocycles. The summed E-state index contributed by atoms with van der Waals surface area (Å²) in [6.45, 7) is 0.697. The van der Waals surface area contributed by atoms with Crippen molar-refractivity contribution in [3.63, 3.8) is 0 Å². The van der Waals surface area contributed by atoms with Gasteiger partial charge in [0, 0.05) is 19.8 Å². The number of hydrogen-bond acceptors (Lipinski definition) is 2. The van der Waals surface area contributed by atoms with Crippen LogP contribution in [-0.4, -0.2) is 20.6 Å². The van der Waals surface area contributed by atoms with Gasteiger partial charge in [-0.05, 0) is 41.8 Å². The molecule has 0 spiro atoms. The first-order valence-corrected chi connectivity index (χ1v) is 6.27. The molecule has 0 unspecified atom stereocenters. The highest BCUT2D eigenvalue weighted by Crippen LogP contribution is 2.23. The number of rotatable bonds is 4. The van der Waals surface area contributed by atoms with Crippen molar-refractivity contribution in [1.82, 2.24) is 0 Å². The molecule has 2 aromatic carbocycles. The van der Waals surface area contributed by atoms with E-state index < -0.39 is 0 Å². The molecule has 2 aromatic rings. The van der Waals surface area contributed by atoms with Crippen molar-refractivity contribution in [3.05, 3.63) is 54.1 Å². The molecule has 2 heteroatoms. The molecule has 0 aromatic heterocycles. The zero-order valence-electron chi connectivity index (χ0n) is 11.1. The topological polar surface area (TPSA) is 29.3 Å². The van der Waals surface area contributed by atoms with E-state index >= 15 is 0 Å². The zero-order chi connectivity index (χ0) is 13.0. The monoisotopic (exact) mass is 240 g/mol. The van der Waals surface area contributed by atoms with Gasteiger partial charge in [0.1, 0.15) is 0 Å². The predicted octanol–water partition coefficient (Wildman–Crippen LogP) is 2.92. The van der Waals surface area contributed by atoms with Crippen LogP contribution in [0.25, 0.3) is 11.1 Å². The molecule has 0 radical (unpaired) electrons. The van der Waals surface area contributed by atoms with Gasteiger partial charge >= 0.3 is 0 Å². The molecule has 18 heavy (non-hydrogen) atoms. The zero-order valence-corrected chi connectivity index (χ0v) is 11.1. The average Bonchev–Trinajstić information content (AvgIpc) is 2.39. The lowest BCUT2D eigenvalue weighted by atomic mass is 10.0. The fourth-order valence-corrected chi connectivity index (χ4v) is 2.03. The molecule has 0 bridgehead atoms. The Morgan fingerprint density at radius 2 is 1.67 bits per heavy atom. The van der Waals surface area contributed by atoms with Crippen molar-refractivity contribution in [1.29, 1.82) is 0 Å². The summed E-state index contributed by atoms with van der Waals surface area (Å²) in [5.74, 6) is 0. The molecule has 0 saturated carbocycles. The van der Waals surface area contributed by atoms with Crippen molar-refractivity contribution < 1.29 is 0 Å². The normalized spacial score (nSPS) is 10.4. The van der Waals surface area contributed by atoms with E-state index in [1.807, 2.05) is 0 Å². The Kier molecular flexibility index (Phi) is 4.00. The first-order valence-electron chi connectivity index (χ1n) is 6.27. The first-order chi connectivity index (χ1) is 8.70. The summed E-state index contributed by atoms with van der Waals surface area (Å²) in [4.78, 5) is 2.11. The molecule has 2 N–H and O–H groups in total. The van der Waals surface area contributed by atoms with E-state index in [9.17, 15) is 0 Å². The number of hydrogen-bond donors (Lipinski definition) is 1. The smallest absolute Gasteiger partial charge is 0.0361 e. The second-order valence-electron chi connectivity index (χ2n) is 4.68.